The average Bonchev–Trinajstić information content (AvgIpc) is 1.60. The van der Waals surface area contributed by atoms with Gasteiger partial charge in [-0.05, 0) is 130 Å². The lowest BCUT2D eigenvalue weighted by Crippen LogP contribution is -2.52. The second-order valence-electron chi connectivity index (χ2n) is 32.8. The number of fused-ring (bicyclic) bond motifs is 8. The van der Waals surface area contributed by atoms with Gasteiger partial charge in [0.2, 0.25) is 0 Å². The molecule has 4 saturated heterocycles. The quantitative estimate of drug-likeness (QED) is 0.0221. The van der Waals surface area contributed by atoms with Crippen LogP contribution in [0.25, 0.3) is 44.4 Å². The third-order valence-electron chi connectivity index (χ3n) is 21.6. The molecular weight excluding hydrogens is 1910 g/mol. The summed E-state index contributed by atoms with van der Waals surface area (Å²) in [7, 11) is 14.2. The fourth-order valence-electron chi connectivity index (χ4n) is 15.6. The molecule has 8 aromatic heterocycles. The van der Waals surface area contributed by atoms with E-state index in [-0.39, 0.29) is 115 Å². The highest BCUT2D eigenvalue weighted by Gasteiger charge is 2.58. The Morgan fingerprint density at radius 3 is 1.07 bits per heavy atom. The minimum Gasteiger partial charge on any atom is -0.508 e. The summed E-state index contributed by atoms with van der Waals surface area (Å²) in [5.41, 5.74) is 8.98. The van der Waals surface area contributed by atoms with E-state index in [1.165, 1.54) is 51.0 Å². The number of hydrogen-bond donors (Lipinski definition) is 11. The van der Waals surface area contributed by atoms with Crippen molar-refractivity contribution in [2.75, 3.05) is 33.3 Å². The number of methoxy groups -OCH3 is 1. The monoisotopic (exact) mass is 1980 g/mol. The van der Waals surface area contributed by atoms with E-state index < -0.39 is 103 Å². The van der Waals surface area contributed by atoms with Gasteiger partial charge < -0.3 is 78.6 Å². The van der Waals surface area contributed by atoms with Gasteiger partial charge in [0.1, 0.15) is 84.3 Å². The van der Waals surface area contributed by atoms with Crippen LogP contribution in [0, 0.1) is 27.0 Å². The molecule has 4 fully saturated rings. The molecule has 0 unspecified atom stereocenters. The van der Waals surface area contributed by atoms with Crippen LogP contribution in [0.3, 0.4) is 0 Å². The molecule has 0 bridgehead atoms. The number of phenols is 3. The van der Waals surface area contributed by atoms with Crippen molar-refractivity contribution in [2.45, 2.75) is 87.6 Å². The van der Waals surface area contributed by atoms with Gasteiger partial charge in [-0.25, -0.2) is 49.3 Å². The van der Waals surface area contributed by atoms with Gasteiger partial charge in [0.15, 0.2) is 44.5 Å². The topological polar surface area (TPSA) is 488 Å². The van der Waals surface area contributed by atoms with Crippen LogP contribution in [0.5, 0.6) is 23.0 Å². The number of benzene rings is 4. The van der Waals surface area contributed by atoms with Gasteiger partial charge in [0.05, 0.1) is 53.5 Å². The molecule has 8 aliphatic rings. The van der Waals surface area contributed by atoms with E-state index >= 15 is 0 Å². The van der Waals surface area contributed by atoms with E-state index in [0.29, 0.717) is 82.5 Å². The molecule has 4 atom stereocenters. The molecule has 43 heteroatoms. The summed E-state index contributed by atoms with van der Waals surface area (Å²) in [6.45, 7) is 14.2. The van der Waals surface area contributed by atoms with Gasteiger partial charge in [0.25, 0.3) is 47.3 Å². The minimum atomic E-state index is -1.72. The smallest absolute Gasteiger partial charge is 0.508 e. The lowest BCUT2D eigenvalue weighted by Gasteiger charge is -2.29. The van der Waals surface area contributed by atoms with Crippen LogP contribution in [-0.2, 0) is 67.5 Å². The summed E-state index contributed by atoms with van der Waals surface area (Å²) in [4.78, 5) is 174. The average molecular weight is 1980 g/mol. The predicted octanol–water partition coefficient (Wildman–Crippen LogP) is 10.2. The van der Waals surface area contributed by atoms with Crippen molar-refractivity contribution in [3.63, 3.8) is 0 Å². The Kier molecular flexibility index (Phi) is 24.9. The maximum Gasteiger partial charge on any atom is 0.643 e. The van der Waals surface area contributed by atoms with Crippen LogP contribution in [0.4, 0.5) is 19.2 Å². The number of rotatable bonds is 13. The molecule has 0 spiro atoms. The maximum absolute atomic E-state index is 13.1. The number of hydrogen-bond acceptors (Lipinski definition) is 24. The Morgan fingerprint density at radius 1 is 0.438 bits per heavy atom. The second kappa shape index (κ2) is 35.7. The normalized spacial score (nSPS) is 19.6. The van der Waals surface area contributed by atoms with E-state index in [0.717, 1.165) is 16.7 Å². The van der Waals surface area contributed by atoms with Crippen LogP contribution in [0.2, 0.25) is 39.3 Å². The Morgan fingerprint density at radius 2 is 0.746 bits per heavy atom. The van der Waals surface area contributed by atoms with E-state index in [2.05, 4.69) is 119 Å². The highest BCUT2D eigenvalue weighted by Crippen LogP contribution is 2.42. The zero-order valence-corrected chi connectivity index (χ0v) is 77.3. The van der Waals surface area contributed by atoms with Gasteiger partial charge in [-0.2, -0.15) is 0 Å². The second-order valence-corrected chi connectivity index (χ2v) is 49.8. The van der Waals surface area contributed by atoms with Gasteiger partial charge in [-0.15, -0.1) is 17.5 Å². The molecule has 662 valence electrons. The number of aromatic hydroxyl groups is 3. The summed E-state index contributed by atoms with van der Waals surface area (Å²) in [5, 5.41) is 49.0. The molecule has 0 radical (unpaired) electrons. The zero-order valence-electron chi connectivity index (χ0n) is 69.7. The lowest BCUT2D eigenvalue weighted by atomic mass is 9.95. The van der Waals surface area contributed by atoms with E-state index in [4.69, 9.17) is 59.0 Å². The third-order valence-corrected chi connectivity index (χ3v) is 24.7. The summed E-state index contributed by atoms with van der Waals surface area (Å²) < 4.78 is 28.9. The van der Waals surface area contributed by atoms with Gasteiger partial charge in [0, 0.05) is 86.4 Å². The number of imide groups is 4. The molecule has 0 aliphatic carbocycles. The predicted molar refractivity (Wildman–Crippen MR) is 484 cm³/mol. The third kappa shape index (κ3) is 18.0. The van der Waals surface area contributed by atoms with E-state index in [1.807, 2.05) is 28.7 Å². The molecule has 16 amide bonds. The summed E-state index contributed by atoms with van der Waals surface area (Å²) in [6, 6.07) is 33.3. The molecule has 12 aromatic rings. The number of pyridine rings is 4. The number of amides is 16. The molecule has 130 heavy (non-hydrogen) atoms. The van der Waals surface area contributed by atoms with Crippen LogP contribution in [0.15, 0.2) is 176 Å². The molecule has 11 N–H and O–H groups in total. The lowest BCUT2D eigenvalue weighted by molar-refractivity contribution is -0.126. The van der Waals surface area contributed by atoms with Crippen LogP contribution >= 0.6 is 52.7 Å². The van der Waals surface area contributed by atoms with Crippen molar-refractivity contribution in [3.8, 4) is 46.4 Å². The Balaban J connectivity index is 0.000000127. The first-order valence-corrected chi connectivity index (χ1v) is 52.9. The number of halogens is 4. The van der Waals surface area contributed by atoms with E-state index in [1.54, 1.807) is 128 Å². The van der Waals surface area contributed by atoms with Crippen molar-refractivity contribution in [1.82, 2.24) is 82.1 Å². The molecule has 20 rings (SSSR count). The highest BCUT2D eigenvalue weighted by molar-refractivity contribution is 14.1. The van der Waals surface area contributed by atoms with Crippen molar-refractivity contribution >= 4 is 196 Å². The molecule has 8 aliphatic heterocycles. The number of urea groups is 4. The van der Waals surface area contributed by atoms with Gasteiger partial charge in [-0.3, -0.25) is 79.6 Å². The Bertz CT molecular complexity index is 6750. The van der Waals surface area contributed by atoms with Crippen molar-refractivity contribution in [1.29, 1.82) is 0 Å². The van der Waals surface area contributed by atoms with Crippen molar-refractivity contribution < 1.29 is 95.3 Å². The number of terminal acetylenes is 1. The number of nitrogens with one attached hydrogen (secondary N) is 8. The highest BCUT2D eigenvalue weighted by atomic mass is 127. The number of ether oxygens (including phenoxy) is 1. The number of furan rings is 4. The maximum atomic E-state index is 13.1. The summed E-state index contributed by atoms with van der Waals surface area (Å²) in [6.07, 6.45) is 11.8. The van der Waals surface area contributed by atoms with E-state index in [9.17, 15) is 72.9 Å². The Labute approximate surface area is 770 Å². The van der Waals surface area contributed by atoms with Crippen LogP contribution in [-0.4, -0.2) is 187 Å². The number of aromatic nitrogens is 4. The fraction of sp³-hybridized carbons (Fsp3) is 0.218. The molecule has 16 heterocycles. The molecular formula is C87H75AlCl3IN16O20Si2. The van der Waals surface area contributed by atoms with Gasteiger partial charge in [-0.1, -0.05) is 69.5 Å². The zero-order chi connectivity index (χ0) is 93.0. The van der Waals surface area contributed by atoms with Crippen molar-refractivity contribution in [3.05, 3.63) is 235 Å². The van der Waals surface area contributed by atoms with Crippen molar-refractivity contribution in [2.24, 2.45) is 0 Å². The summed E-state index contributed by atoms with van der Waals surface area (Å²) in [5.74, 6) is -0.303. The molecule has 4 aromatic carbocycles. The fourth-order valence-corrected chi connectivity index (χ4v) is 19.3. The van der Waals surface area contributed by atoms with Crippen LogP contribution < -0.4 is 47.3 Å². The number of carbonyl (C=O) groups excluding carboxylic acids is 12. The van der Waals surface area contributed by atoms with Gasteiger partial charge >= 0.3 is 35.5 Å². The SMILES string of the molecule is C#Cc1c(O)ccc2c1C(=O)N(C[C@]1(c3cc4ncccc4o3)NC(=O)NC1=O)C2.COc1ccc2c(c1)C(=O)N(C[C@]1(c3cc4ncccc4o3)NC(=O)NC1=O)C2.C[Si](C)(C)C#C[Si](C)(C)C.O=C1NC(=O)[C@@](CN2Cc3ccc(O)c(I)c3C2=O)(c2cc3ncccc3o2)N1.O=C1NC(=O)[C@@](CN2Cc3ccc(O)cc3C2=O)(c2cc3ncccc3o2)N1.[Cl][Al]([Cl])[Cl]. The number of phenolic OH excluding ortho intramolecular Hbond substituents is 3. The first-order valence-electron chi connectivity index (χ1n) is 39.6. The molecule has 0 saturated carbocycles. The standard InChI is InChI=1S/C21H14N4O5.C20H16N4O5.C19H13IN4O5.C19H14N4O5.C8H18Si2.Al.3ClH/c1-2-12-14(26)6-5-11-9-25(18(27)17(11)12)10-21(19(28)23-20(29)24-21)16-8-13-15(30-16)4-3-7-22-13;1-28-12-5-4-11-9-24(17(25)13(11)7-12)10-20(18(26)22-19(27)23-20)16-8-14-15(29-16)3-2-6-21-14;20-15-11(25)4-3-9-7-24(16(26)14(9)15)8-19(17(27)22-18(28)23-19)13-6-10-12(29-13)2-1-5-21-10;24-11-4-3-10-8-23(16(25)12(10)6-11)9-19(17(26)21-18(27)22-19)15-7-13-14(28-15)2-1-5-20-13;1-9(2,3)7-8-10(4,5)6;;;;/h1,3-8,26H,9-10H2,(H2,23,24,28,29);2-8H,9-10H2,1H3,(H2,22,23,26,27);1-6,25H,7-8H2,(H2,22,23,27,28);1-7,24H,8-9H2,(H2,21,22,26,27);1-6H3;;3*1H/q;;;;;+3;;;/p-3/t21-;20-;2*19-;;;;;/m1111...../s1. The Hall–Kier alpha value is -13.8. The number of carbonyl (C=O) groups is 12. The largest absolute Gasteiger partial charge is 0.643 e. The molecule has 36 nitrogen and oxygen atoms in total. The first-order chi connectivity index (χ1) is 61.7. The number of nitrogens with zero attached hydrogens (tertiary/aromatic N) is 8. The van der Waals surface area contributed by atoms with Crippen LogP contribution in [0.1, 0.15) is 92.3 Å². The first kappa shape index (κ1) is 90.9. The summed E-state index contributed by atoms with van der Waals surface area (Å²) >= 11 is 0.197. The minimum absolute atomic E-state index is 0.0149.